The molecule has 0 spiro atoms. The number of nitrogens with two attached hydrogens (primary N) is 1. The molecule has 1 amide bonds. The summed E-state index contributed by atoms with van der Waals surface area (Å²) in [5, 5.41) is 3.40. The van der Waals surface area contributed by atoms with Crippen LogP contribution in [0, 0.1) is 11.7 Å². The van der Waals surface area contributed by atoms with E-state index in [0.29, 0.717) is 12.3 Å². The third-order valence-corrected chi connectivity index (χ3v) is 4.66. The third-order valence-electron chi connectivity index (χ3n) is 4.66. The van der Waals surface area contributed by atoms with Crippen molar-refractivity contribution in [3.8, 4) is 0 Å². The molecule has 2 rings (SSSR count). The van der Waals surface area contributed by atoms with Crippen molar-refractivity contribution in [2.75, 3.05) is 40.3 Å². The molecule has 1 aromatic rings. The highest BCUT2D eigenvalue weighted by Crippen LogP contribution is 2.19. The second kappa shape index (κ2) is 10.1. The van der Waals surface area contributed by atoms with Crippen molar-refractivity contribution >= 4 is 11.9 Å². The van der Waals surface area contributed by atoms with E-state index in [-0.39, 0.29) is 11.7 Å². The fraction of sp³-hybridized carbons (Fsp3) is 0.579. The van der Waals surface area contributed by atoms with Crippen LogP contribution in [0.4, 0.5) is 4.39 Å². The molecule has 0 radical (unpaired) electrons. The van der Waals surface area contributed by atoms with Crippen molar-refractivity contribution in [2.24, 2.45) is 16.6 Å². The van der Waals surface area contributed by atoms with Gasteiger partial charge in [-0.3, -0.25) is 9.79 Å². The second-order valence-electron chi connectivity index (χ2n) is 6.96. The highest BCUT2D eigenvalue weighted by Gasteiger charge is 2.23. The number of piperidine rings is 1. The summed E-state index contributed by atoms with van der Waals surface area (Å²) >= 11 is 0. The van der Waals surface area contributed by atoms with Crippen molar-refractivity contribution in [2.45, 2.75) is 25.8 Å². The van der Waals surface area contributed by atoms with Gasteiger partial charge < -0.3 is 20.9 Å². The first-order chi connectivity index (χ1) is 12.5. The molecule has 1 atom stereocenters. The number of nitrogens with one attached hydrogen (secondary N) is 1. The minimum Gasteiger partial charge on any atom is -0.370 e. The Morgan fingerprint density at radius 1 is 1.42 bits per heavy atom. The van der Waals surface area contributed by atoms with Crippen molar-refractivity contribution in [1.82, 2.24) is 15.1 Å². The van der Waals surface area contributed by atoms with E-state index in [2.05, 4.69) is 20.1 Å². The Bertz CT molecular complexity index is 604. The molecule has 1 heterocycles. The lowest BCUT2D eigenvalue weighted by Gasteiger charge is -2.34. The lowest BCUT2D eigenvalue weighted by Crippen LogP contribution is -2.48. The van der Waals surface area contributed by atoms with Gasteiger partial charge in [0.1, 0.15) is 5.82 Å². The summed E-state index contributed by atoms with van der Waals surface area (Å²) in [7, 11) is 3.82. The van der Waals surface area contributed by atoms with E-state index in [9.17, 15) is 9.18 Å². The zero-order chi connectivity index (χ0) is 18.9. The summed E-state index contributed by atoms with van der Waals surface area (Å²) in [6, 6.07) is 6.60. The highest BCUT2D eigenvalue weighted by atomic mass is 19.1. The predicted molar refractivity (Wildman–Crippen MR) is 102 cm³/mol. The molecule has 3 N–H and O–H groups in total. The largest absolute Gasteiger partial charge is 0.370 e. The lowest BCUT2D eigenvalue weighted by atomic mass is 9.95. The van der Waals surface area contributed by atoms with Gasteiger partial charge in [0, 0.05) is 46.2 Å². The maximum atomic E-state index is 13.0. The number of likely N-dealkylation sites (N-methyl/N-ethyl adjacent to an activating group) is 1. The van der Waals surface area contributed by atoms with Crippen LogP contribution in [-0.2, 0) is 11.3 Å². The van der Waals surface area contributed by atoms with Crippen molar-refractivity contribution in [1.29, 1.82) is 0 Å². The van der Waals surface area contributed by atoms with Crippen LogP contribution in [0.2, 0.25) is 0 Å². The van der Waals surface area contributed by atoms with E-state index >= 15 is 0 Å². The number of halogens is 1. The molecule has 26 heavy (non-hydrogen) atoms. The first-order valence-corrected chi connectivity index (χ1v) is 9.15. The summed E-state index contributed by atoms with van der Waals surface area (Å²) in [6.45, 7) is 4.13. The average Bonchev–Trinajstić information content (AvgIpc) is 2.60. The van der Waals surface area contributed by atoms with Gasteiger partial charge in [0.05, 0.1) is 0 Å². The molecule has 0 aromatic heterocycles. The first-order valence-electron chi connectivity index (χ1n) is 9.15. The molecule has 1 aromatic carbocycles. The minimum atomic E-state index is -0.234. The number of carbonyl (C=O) groups is 1. The quantitative estimate of drug-likeness (QED) is 0.568. The molecule has 1 unspecified atom stereocenters. The van der Waals surface area contributed by atoms with Gasteiger partial charge >= 0.3 is 0 Å². The number of aliphatic imine (C=N–C) groups is 1. The van der Waals surface area contributed by atoms with Gasteiger partial charge in [-0.1, -0.05) is 12.1 Å². The Kier molecular flexibility index (Phi) is 7.84. The standard InChI is InChI=1S/C19H30FN5O/c1-22-19(25-10-3-4-16(14-25)12-18(21)26)23-9-11-24(2)13-15-5-7-17(20)8-6-15/h5-8,16H,3-4,9-14H2,1-2H3,(H2,21,26)(H,22,23). The Morgan fingerprint density at radius 3 is 2.81 bits per heavy atom. The van der Waals surface area contributed by atoms with Crippen LogP contribution in [0.15, 0.2) is 29.3 Å². The second-order valence-corrected chi connectivity index (χ2v) is 6.96. The van der Waals surface area contributed by atoms with Crippen LogP contribution in [0.5, 0.6) is 0 Å². The van der Waals surface area contributed by atoms with E-state index in [0.717, 1.165) is 57.1 Å². The highest BCUT2D eigenvalue weighted by molar-refractivity contribution is 5.80. The fourth-order valence-electron chi connectivity index (χ4n) is 3.38. The van der Waals surface area contributed by atoms with E-state index in [4.69, 9.17) is 5.73 Å². The maximum absolute atomic E-state index is 13.0. The summed E-state index contributed by atoms with van der Waals surface area (Å²) in [4.78, 5) is 19.9. The lowest BCUT2D eigenvalue weighted by molar-refractivity contribution is -0.119. The van der Waals surface area contributed by atoms with E-state index in [1.54, 1.807) is 7.05 Å². The monoisotopic (exact) mass is 363 g/mol. The van der Waals surface area contributed by atoms with Crippen LogP contribution in [0.25, 0.3) is 0 Å². The van der Waals surface area contributed by atoms with Gasteiger partial charge in [-0.15, -0.1) is 0 Å². The molecule has 1 fully saturated rings. The number of nitrogens with zero attached hydrogens (tertiary/aromatic N) is 3. The smallest absolute Gasteiger partial charge is 0.217 e. The SMILES string of the molecule is CN=C(NCCN(C)Cc1ccc(F)cc1)N1CCCC(CC(N)=O)C1. The Morgan fingerprint density at radius 2 is 2.15 bits per heavy atom. The molecule has 1 aliphatic rings. The van der Waals surface area contributed by atoms with Crippen LogP contribution in [-0.4, -0.2) is 61.9 Å². The van der Waals surface area contributed by atoms with E-state index in [1.165, 1.54) is 12.1 Å². The Labute approximate surface area is 155 Å². The summed E-state index contributed by atoms with van der Waals surface area (Å²) in [6.07, 6.45) is 2.52. The topological polar surface area (TPSA) is 74.0 Å². The number of hydrogen-bond acceptors (Lipinski definition) is 3. The Hall–Kier alpha value is -2.15. The van der Waals surface area contributed by atoms with Crippen molar-refractivity contribution < 1.29 is 9.18 Å². The maximum Gasteiger partial charge on any atom is 0.217 e. The van der Waals surface area contributed by atoms with Crippen LogP contribution >= 0.6 is 0 Å². The summed E-state index contributed by atoms with van der Waals surface area (Å²) < 4.78 is 13.0. The van der Waals surface area contributed by atoms with E-state index < -0.39 is 0 Å². The van der Waals surface area contributed by atoms with Crippen molar-refractivity contribution in [3.05, 3.63) is 35.6 Å². The molecule has 7 heteroatoms. The molecule has 0 saturated carbocycles. The summed E-state index contributed by atoms with van der Waals surface area (Å²) in [5.41, 5.74) is 6.42. The number of likely N-dealkylation sites (tertiary alicyclic amines) is 1. The van der Waals surface area contributed by atoms with Crippen molar-refractivity contribution in [3.63, 3.8) is 0 Å². The number of rotatable bonds is 7. The van der Waals surface area contributed by atoms with Gasteiger partial charge in [0.25, 0.3) is 0 Å². The minimum absolute atomic E-state index is 0.210. The predicted octanol–water partition coefficient (Wildman–Crippen LogP) is 1.42. The van der Waals surface area contributed by atoms with Gasteiger partial charge in [0.2, 0.25) is 5.91 Å². The number of benzene rings is 1. The van der Waals surface area contributed by atoms with E-state index in [1.807, 2.05) is 19.2 Å². The number of guanidine groups is 1. The fourth-order valence-corrected chi connectivity index (χ4v) is 3.38. The average molecular weight is 363 g/mol. The number of primary amides is 1. The number of amides is 1. The molecule has 0 bridgehead atoms. The molecular formula is C19H30FN5O. The Balaban J connectivity index is 1.75. The third kappa shape index (κ3) is 6.63. The molecule has 6 nitrogen and oxygen atoms in total. The molecular weight excluding hydrogens is 333 g/mol. The zero-order valence-electron chi connectivity index (χ0n) is 15.7. The van der Waals surface area contributed by atoms with Crippen LogP contribution < -0.4 is 11.1 Å². The van der Waals surface area contributed by atoms with Gasteiger partial charge in [-0.25, -0.2) is 4.39 Å². The molecule has 144 valence electrons. The summed E-state index contributed by atoms with van der Waals surface area (Å²) in [5.74, 6) is 0.732. The number of carbonyl (C=O) groups excluding carboxylic acids is 1. The first kappa shape index (κ1) is 20.2. The zero-order valence-corrected chi connectivity index (χ0v) is 15.7. The van der Waals surface area contributed by atoms with Gasteiger partial charge in [-0.05, 0) is 43.5 Å². The van der Waals surface area contributed by atoms with Crippen LogP contribution in [0.3, 0.4) is 0 Å². The molecule has 1 aliphatic heterocycles. The molecule has 0 aliphatic carbocycles. The number of hydrogen-bond donors (Lipinski definition) is 2. The van der Waals surface area contributed by atoms with Gasteiger partial charge in [0.15, 0.2) is 5.96 Å². The van der Waals surface area contributed by atoms with Gasteiger partial charge in [-0.2, -0.15) is 0 Å². The molecule has 1 saturated heterocycles. The normalized spacial score (nSPS) is 18.2. The van der Waals surface area contributed by atoms with Crippen LogP contribution in [0.1, 0.15) is 24.8 Å².